The van der Waals surface area contributed by atoms with Gasteiger partial charge in [0.05, 0.1) is 6.61 Å². The van der Waals surface area contributed by atoms with E-state index in [-0.39, 0.29) is 11.7 Å². The molecule has 2 aliphatic carbocycles. The van der Waals surface area contributed by atoms with E-state index in [2.05, 4.69) is 12.2 Å². The summed E-state index contributed by atoms with van der Waals surface area (Å²) >= 11 is 0. The lowest BCUT2D eigenvalue weighted by Crippen LogP contribution is -2.35. The summed E-state index contributed by atoms with van der Waals surface area (Å²) in [4.78, 5) is 0. The summed E-state index contributed by atoms with van der Waals surface area (Å²) in [6.45, 7) is 5.36. The third kappa shape index (κ3) is 4.39. The highest BCUT2D eigenvalue weighted by Crippen LogP contribution is 2.44. The van der Waals surface area contributed by atoms with Gasteiger partial charge in [-0.15, -0.1) is 0 Å². The molecule has 2 fully saturated rings. The van der Waals surface area contributed by atoms with Crippen molar-refractivity contribution in [2.75, 3.05) is 13.2 Å². The van der Waals surface area contributed by atoms with Gasteiger partial charge in [-0.3, -0.25) is 0 Å². The minimum Gasteiger partial charge on any atom is -0.491 e. The maximum atomic E-state index is 14.5. The smallest absolute Gasteiger partial charge is 0.200 e. The van der Waals surface area contributed by atoms with Crippen molar-refractivity contribution in [3.05, 3.63) is 29.3 Å². The molecule has 0 atom stereocenters. The molecule has 0 aliphatic heterocycles. The van der Waals surface area contributed by atoms with Gasteiger partial charge in [-0.25, -0.2) is 4.39 Å². The molecule has 1 aromatic carbocycles. The van der Waals surface area contributed by atoms with E-state index in [9.17, 15) is 8.78 Å². The molecule has 0 spiro atoms. The quantitative estimate of drug-likeness (QED) is 0.687. The van der Waals surface area contributed by atoms with Crippen LogP contribution in [0.15, 0.2) is 12.1 Å². The fourth-order valence-electron chi connectivity index (χ4n) is 5.11. The molecule has 0 bridgehead atoms. The van der Waals surface area contributed by atoms with Crippen molar-refractivity contribution in [1.82, 2.24) is 5.32 Å². The standard InChI is InChI=1S/C22H33F2NO/c1-3-25-18-11-9-16(10-12-18)15-5-7-17(8-6-15)19-13-14-20(26-4-2)22(24)21(19)23/h13-18,25H,3-12H2,1-2H3. The van der Waals surface area contributed by atoms with Crippen LogP contribution in [0, 0.1) is 23.5 Å². The predicted octanol–water partition coefficient (Wildman–Crippen LogP) is 5.81. The molecule has 0 unspecified atom stereocenters. The number of ether oxygens (including phenoxy) is 1. The number of benzene rings is 1. The van der Waals surface area contributed by atoms with Gasteiger partial charge in [0.1, 0.15) is 0 Å². The Balaban J connectivity index is 1.55. The molecule has 0 aromatic heterocycles. The maximum Gasteiger partial charge on any atom is 0.200 e. The van der Waals surface area contributed by atoms with Crippen LogP contribution in [-0.2, 0) is 0 Å². The second-order valence-corrected chi connectivity index (χ2v) is 7.99. The van der Waals surface area contributed by atoms with E-state index in [0.29, 0.717) is 18.2 Å². The van der Waals surface area contributed by atoms with Gasteiger partial charge in [-0.2, -0.15) is 4.39 Å². The summed E-state index contributed by atoms with van der Waals surface area (Å²) < 4.78 is 33.8. The lowest BCUT2D eigenvalue weighted by molar-refractivity contribution is 0.168. The van der Waals surface area contributed by atoms with Crippen LogP contribution in [0.2, 0.25) is 0 Å². The fourth-order valence-corrected chi connectivity index (χ4v) is 5.11. The Morgan fingerprint density at radius 3 is 2.08 bits per heavy atom. The van der Waals surface area contributed by atoms with Crippen molar-refractivity contribution < 1.29 is 13.5 Å². The van der Waals surface area contributed by atoms with Gasteiger partial charge in [-0.1, -0.05) is 13.0 Å². The second kappa shape index (κ2) is 9.16. The highest BCUT2D eigenvalue weighted by atomic mass is 19.2. The second-order valence-electron chi connectivity index (χ2n) is 7.99. The van der Waals surface area contributed by atoms with Crippen LogP contribution in [0.5, 0.6) is 5.75 Å². The van der Waals surface area contributed by atoms with Crippen LogP contribution in [0.1, 0.15) is 76.7 Å². The molecular weight excluding hydrogens is 332 g/mol. The first-order valence-electron chi connectivity index (χ1n) is 10.5. The summed E-state index contributed by atoms with van der Waals surface area (Å²) in [5.74, 6) is 0.241. The maximum absolute atomic E-state index is 14.5. The summed E-state index contributed by atoms with van der Waals surface area (Å²) in [5, 5.41) is 3.57. The average Bonchev–Trinajstić information content (AvgIpc) is 2.67. The highest BCUT2D eigenvalue weighted by Gasteiger charge is 2.32. The molecule has 1 aromatic rings. The van der Waals surface area contributed by atoms with Gasteiger partial charge in [-0.05, 0) is 94.2 Å². The molecule has 2 saturated carbocycles. The van der Waals surface area contributed by atoms with Crippen LogP contribution in [0.3, 0.4) is 0 Å². The zero-order valence-corrected chi connectivity index (χ0v) is 16.2. The zero-order valence-electron chi connectivity index (χ0n) is 16.2. The number of hydrogen-bond acceptors (Lipinski definition) is 2. The Bertz CT molecular complexity index is 576. The molecule has 3 rings (SSSR count). The Morgan fingerprint density at radius 1 is 0.885 bits per heavy atom. The highest BCUT2D eigenvalue weighted by molar-refractivity contribution is 5.33. The van der Waals surface area contributed by atoms with Gasteiger partial charge < -0.3 is 10.1 Å². The normalized spacial score (nSPS) is 29.5. The van der Waals surface area contributed by atoms with Gasteiger partial charge >= 0.3 is 0 Å². The Labute approximate surface area is 156 Å². The van der Waals surface area contributed by atoms with E-state index in [0.717, 1.165) is 44.1 Å². The van der Waals surface area contributed by atoms with Crippen molar-refractivity contribution in [1.29, 1.82) is 0 Å². The van der Waals surface area contributed by atoms with Crippen molar-refractivity contribution in [3.63, 3.8) is 0 Å². The molecule has 0 amide bonds. The lowest BCUT2D eigenvalue weighted by atomic mass is 9.69. The predicted molar refractivity (Wildman–Crippen MR) is 102 cm³/mol. The van der Waals surface area contributed by atoms with Crippen LogP contribution in [0.25, 0.3) is 0 Å². The lowest BCUT2D eigenvalue weighted by Gasteiger charge is -2.38. The Kier molecular flexibility index (Phi) is 6.91. The molecule has 2 nitrogen and oxygen atoms in total. The summed E-state index contributed by atoms with van der Waals surface area (Å²) in [5.41, 5.74) is 0.542. The van der Waals surface area contributed by atoms with Crippen LogP contribution < -0.4 is 10.1 Å². The van der Waals surface area contributed by atoms with Crippen LogP contribution in [0.4, 0.5) is 8.78 Å². The van der Waals surface area contributed by atoms with Crippen LogP contribution >= 0.6 is 0 Å². The number of nitrogens with one attached hydrogen (secondary N) is 1. The Hall–Kier alpha value is -1.16. The van der Waals surface area contributed by atoms with Crippen LogP contribution in [-0.4, -0.2) is 19.2 Å². The largest absolute Gasteiger partial charge is 0.491 e. The molecule has 1 N–H and O–H groups in total. The molecule has 0 heterocycles. The van der Waals surface area contributed by atoms with E-state index < -0.39 is 11.6 Å². The molecule has 4 heteroatoms. The Morgan fingerprint density at radius 2 is 1.50 bits per heavy atom. The van der Waals surface area contributed by atoms with E-state index in [1.807, 2.05) is 0 Å². The van der Waals surface area contributed by atoms with Gasteiger partial charge in [0.2, 0.25) is 5.82 Å². The minimum atomic E-state index is -0.826. The number of halogens is 2. The average molecular weight is 366 g/mol. The SMILES string of the molecule is CCNC1CCC(C2CCC(c3ccc(OCC)c(F)c3F)CC2)CC1. The third-order valence-corrected chi connectivity index (χ3v) is 6.52. The van der Waals surface area contributed by atoms with E-state index in [1.54, 1.807) is 19.1 Å². The van der Waals surface area contributed by atoms with Crippen molar-refractivity contribution >= 4 is 0 Å². The van der Waals surface area contributed by atoms with Crippen molar-refractivity contribution in [2.45, 2.75) is 77.2 Å². The topological polar surface area (TPSA) is 21.3 Å². The molecule has 26 heavy (non-hydrogen) atoms. The number of hydrogen-bond donors (Lipinski definition) is 1. The monoisotopic (exact) mass is 365 g/mol. The summed E-state index contributed by atoms with van der Waals surface area (Å²) in [7, 11) is 0. The molecule has 0 radical (unpaired) electrons. The van der Waals surface area contributed by atoms with E-state index in [1.165, 1.54) is 25.7 Å². The van der Waals surface area contributed by atoms with E-state index in [4.69, 9.17) is 4.74 Å². The minimum absolute atomic E-state index is 0.0277. The molecule has 0 saturated heterocycles. The zero-order chi connectivity index (χ0) is 18.5. The first-order valence-corrected chi connectivity index (χ1v) is 10.5. The summed E-state index contributed by atoms with van der Waals surface area (Å²) in [6, 6.07) is 4.02. The van der Waals surface area contributed by atoms with Gasteiger partial charge in [0, 0.05) is 6.04 Å². The van der Waals surface area contributed by atoms with Gasteiger partial charge in [0.15, 0.2) is 11.6 Å². The third-order valence-electron chi connectivity index (χ3n) is 6.52. The first-order chi connectivity index (χ1) is 12.6. The molecule has 2 aliphatic rings. The van der Waals surface area contributed by atoms with Gasteiger partial charge in [0.25, 0.3) is 0 Å². The fraction of sp³-hybridized carbons (Fsp3) is 0.727. The molecule has 146 valence electrons. The van der Waals surface area contributed by atoms with E-state index >= 15 is 0 Å². The number of rotatable bonds is 6. The van der Waals surface area contributed by atoms with Crippen molar-refractivity contribution in [2.24, 2.45) is 11.8 Å². The van der Waals surface area contributed by atoms with Crippen molar-refractivity contribution in [3.8, 4) is 5.75 Å². The molecular formula is C22H33F2NO. The summed E-state index contributed by atoms with van der Waals surface area (Å²) in [6.07, 6.45) is 9.46. The first kappa shape index (κ1) is 19.6.